The van der Waals surface area contributed by atoms with Crippen LogP contribution in [0.1, 0.15) is 24.2 Å². The third-order valence-electron chi connectivity index (χ3n) is 4.87. The summed E-state index contributed by atoms with van der Waals surface area (Å²) in [5.74, 6) is -2.09. The molecule has 11 heteroatoms. The van der Waals surface area contributed by atoms with Crippen molar-refractivity contribution in [1.29, 1.82) is 0 Å². The molecule has 0 saturated carbocycles. The van der Waals surface area contributed by atoms with Crippen molar-refractivity contribution in [2.45, 2.75) is 26.1 Å². The van der Waals surface area contributed by atoms with Crippen LogP contribution >= 0.6 is 0 Å². The lowest BCUT2D eigenvalue weighted by Gasteiger charge is -2.28. The first kappa shape index (κ1) is 23.0. The third kappa shape index (κ3) is 5.16. The molecule has 0 unspecified atom stereocenters. The molecular weight excluding hydrogens is 427 g/mol. The molecule has 0 aliphatic rings. The minimum atomic E-state index is -4.49. The van der Waals surface area contributed by atoms with E-state index in [9.17, 15) is 27.9 Å². The van der Waals surface area contributed by atoms with E-state index in [0.29, 0.717) is 32.7 Å². The maximum Gasteiger partial charge on any atom is 0.406 e. The number of likely N-dealkylation sites (N-methyl/N-ethyl adjacent to an activating group) is 1. The summed E-state index contributed by atoms with van der Waals surface area (Å²) in [6, 6.07) is 2.28. The van der Waals surface area contributed by atoms with E-state index in [1.807, 2.05) is 0 Å². The average molecular weight is 449 g/mol. The first-order valence-corrected chi connectivity index (χ1v) is 9.70. The van der Waals surface area contributed by atoms with Crippen LogP contribution in [0.15, 0.2) is 36.9 Å². The number of aromatic nitrogens is 3. The normalized spacial score (nSPS) is 12.7. The van der Waals surface area contributed by atoms with Crippen molar-refractivity contribution in [2.24, 2.45) is 5.92 Å². The van der Waals surface area contributed by atoms with E-state index in [1.54, 1.807) is 32.3 Å². The van der Waals surface area contributed by atoms with Crippen LogP contribution in [0.2, 0.25) is 0 Å². The summed E-state index contributed by atoms with van der Waals surface area (Å²) in [5, 5.41) is 12.8. The number of hydrogen-bond donors (Lipinski definition) is 3. The SMILES string of the molecule is CC(C)[C@@H](Nc1cncc(-c2c[nH]c3ncc(C(=O)O)cc23)c1)C(=O)N(C)CC(F)(F)F. The second-order valence-corrected chi connectivity index (χ2v) is 7.77. The zero-order valence-electron chi connectivity index (χ0n) is 17.6. The quantitative estimate of drug-likeness (QED) is 0.506. The van der Waals surface area contributed by atoms with Crippen LogP contribution in [0, 0.1) is 5.92 Å². The number of aromatic amines is 1. The number of hydrogen-bond acceptors (Lipinski definition) is 5. The summed E-state index contributed by atoms with van der Waals surface area (Å²) in [6.45, 7) is 2.11. The van der Waals surface area contributed by atoms with Crippen molar-refractivity contribution in [3.8, 4) is 11.1 Å². The highest BCUT2D eigenvalue weighted by Crippen LogP contribution is 2.30. The molecule has 0 aromatic carbocycles. The first-order chi connectivity index (χ1) is 15.0. The Bertz CT molecular complexity index is 1140. The lowest BCUT2D eigenvalue weighted by molar-refractivity contribution is -0.159. The molecule has 0 radical (unpaired) electrons. The molecule has 3 aromatic rings. The Balaban J connectivity index is 1.90. The van der Waals surface area contributed by atoms with Crippen LogP contribution in [0.4, 0.5) is 18.9 Å². The molecule has 8 nitrogen and oxygen atoms in total. The first-order valence-electron chi connectivity index (χ1n) is 9.70. The summed E-state index contributed by atoms with van der Waals surface area (Å²) in [5.41, 5.74) is 2.22. The highest BCUT2D eigenvalue weighted by atomic mass is 19.4. The van der Waals surface area contributed by atoms with Gasteiger partial charge in [0, 0.05) is 48.3 Å². The van der Waals surface area contributed by atoms with E-state index in [4.69, 9.17) is 0 Å². The van der Waals surface area contributed by atoms with Crippen molar-refractivity contribution in [1.82, 2.24) is 19.9 Å². The Morgan fingerprint density at radius 2 is 1.94 bits per heavy atom. The number of nitrogens with zero attached hydrogens (tertiary/aromatic N) is 3. The molecule has 0 bridgehead atoms. The second-order valence-electron chi connectivity index (χ2n) is 7.77. The zero-order chi connectivity index (χ0) is 23.6. The molecule has 3 rings (SSSR count). The number of halogens is 3. The minimum Gasteiger partial charge on any atom is -0.478 e. The zero-order valence-corrected chi connectivity index (χ0v) is 17.6. The minimum absolute atomic E-state index is 0.0266. The summed E-state index contributed by atoms with van der Waals surface area (Å²) < 4.78 is 38.1. The van der Waals surface area contributed by atoms with E-state index in [-0.39, 0.29) is 11.5 Å². The van der Waals surface area contributed by atoms with Gasteiger partial charge in [0.1, 0.15) is 18.2 Å². The number of H-pyrrole nitrogens is 1. The van der Waals surface area contributed by atoms with Gasteiger partial charge in [0.25, 0.3) is 0 Å². The number of carbonyl (C=O) groups is 2. The van der Waals surface area contributed by atoms with E-state index in [1.165, 1.54) is 18.5 Å². The number of anilines is 1. The van der Waals surface area contributed by atoms with Gasteiger partial charge in [-0.2, -0.15) is 13.2 Å². The molecule has 1 amide bonds. The van der Waals surface area contributed by atoms with Gasteiger partial charge in [-0.25, -0.2) is 9.78 Å². The topological polar surface area (TPSA) is 111 Å². The molecular formula is C21H22F3N5O3. The number of aromatic carboxylic acids is 1. The van der Waals surface area contributed by atoms with Gasteiger partial charge >= 0.3 is 12.1 Å². The molecule has 1 atom stereocenters. The molecule has 0 spiro atoms. The number of amides is 1. The molecule has 3 heterocycles. The molecule has 0 aliphatic carbocycles. The van der Waals surface area contributed by atoms with E-state index < -0.39 is 30.6 Å². The molecule has 3 aromatic heterocycles. The number of carboxylic acids is 1. The van der Waals surface area contributed by atoms with Gasteiger partial charge in [-0.05, 0) is 18.1 Å². The highest BCUT2D eigenvalue weighted by Gasteiger charge is 2.34. The largest absolute Gasteiger partial charge is 0.478 e. The van der Waals surface area contributed by atoms with Crippen molar-refractivity contribution >= 4 is 28.6 Å². The van der Waals surface area contributed by atoms with Crippen molar-refractivity contribution < 1.29 is 27.9 Å². The Hall–Kier alpha value is -3.63. The van der Waals surface area contributed by atoms with Crippen molar-refractivity contribution in [3.63, 3.8) is 0 Å². The van der Waals surface area contributed by atoms with Crippen molar-refractivity contribution in [2.75, 3.05) is 18.9 Å². The monoisotopic (exact) mass is 449 g/mol. The van der Waals surface area contributed by atoms with Crippen LogP contribution in [0.3, 0.4) is 0 Å². The number of fused-ring (bicyclic) bond motifs is 1. The predicted molar refractivity (Wildman–Crippen MR) is 112 cm³/mol. The Labute approximate surface area is 181 Å². The highest BCUT2D eigenvalue weighted by molar-refractivity contribution is 5.98. The third-order valence-corrected chi connectivity index (χ3v) is 4.87. The summed E-state index contributed by atoms with van der Waals surface area (Å²) in [4.78, 5) is 35.8. The van der Waals surface area contributed by atoms with Gasteiger partial charge in [0.15, 0.2) is 0 Å². The standard InChI is InChI=1S/C21H22F3N5O3/c1-11(2)17(19(30)29(3)10-21(22,23)24)28-14-4-12(6-25-8-14)16-9-27-18-15(16)5-13(7-26-18)20(31)32/h4-9,11,17,28H,10H2,1-3H3,(H,26,27)(H,31,32)/t17-/m1/s1. The maximum atomic E-state index is 12.7. The number of pyridine rings is 2. The molecule has 3 N–H and O–H groups in total. The molecule has 32 heavy (non-hydrogen) atoms. The van der Waals surface area contributed by atoms with Gasteiger partial charge in [-0.3, -0.25) is 9.78 Å². The second kappa shape index (κ2) is 8.85. The summed E-state index contributed by atoms with van der Waals surface area (Å²) in [6.07, 6.45) is 1.43. The molecule has 0 saturated heterocycles. The van der Waals surface area contributed by atoms with Crippen molar-refractivity contribution in [3.05, 3.63) is 42.5 Å². The number of carboxylic acid groups (broad SMARTS) is 1. The molecule has 0 aliphatic heterocycles. The van der Waals surface area contributed by atoms with Crippen LogP contribution in [0.25, 0.3) is 22.2 Å². The lowest BCUT2D eigenvalue weighted by atomic mass is 10.0. The average Bonchev–Trinajstić information content (AvgIpc) is 3.13. The molecule has 170 valence electrons. The fraction of sp³-hybridized carbons (Fsp3) is 0.333. The predicted octanol–water partition coefficient (Wildman–Crippen LogP) is 3.78. The number of rotatable bonds is 7. The Kier molecular flexibility index (Phi) is 6.37. The van der Waals surface area contributed by atoms with Crippen LogP contribution < -0.4 is 5.32 Å². The summed E-state index contributed by atoms with van der Waals surface area (Å²) in [7, 11) is 1.11. The fourth-order valence-corrected chi connectivity index (χ4v) is 3.30. The van der Waals surface area contributed by atoms with Gasteiger partial charge in [-0.1, -0.05) is 13.8 Å². The molecule has 0 fully saturated rings. The van der Waals surface area contributed by atoms with Gasteiger partial charge in [0.2, 0.25) is 5.91 Å². The summed E-state index contributed by atoms with van der Waals surface area (Å²) >= 11 is 0. The van der Waals surface area contributed by atoms with Crippen LogP contribution in [-0.4, -0.2) is 62.6 Å². The van der Waals surface area contributed by atoms with Gasteiger partial charge in [-0.15, -0.1) is 0 Å². The Morgan fingerprint density at radius 1 is 1.22 bits per heavy atom. The number of alkyl halides is 3. The lowest BCUT2D eigenvalue weighted by Crippen LogP contribution is -2.47. The van der Waals surface area contributed by atoms with E-state index in [2.05, 4.69) is 20.3 Å². The Morgan fingerprint density at radius 3 is 2.56 bits per heavy atom. The fourth-order valence-electron chi connectivity index (χ4n) is 3.30. The van der Waals surface area contributed by atoms with Crippen LogP contribution in [0.5, 0.6) is 0 Å². The number of nitrogens with one attached hydrogen (secondary N) is 2. The van der Waals surface area contributed by atoms with Crippen LogP contribution in [-0.2, 0) is 4.79 Å². The van der Waals surface area contributed by atoms with E-state index in [0.717, 1.165) is 7.05 Å². The maximum absolute atomic E-state index is 12.7. The van der Waals surface area contributed by atoms with Gasteiger partial charge < -0.3 is 20.3 Å². The van der Waals surface area contributed by atoms with E-state index >= 15 is 0 Å². The van der Waals surface area contributed by atoms with Gasteiger partial charge in [0.05, 0.1) is 11.3 Å². The smallest absolute Gasteiger partial charge is 0.406 e. The number of carbonyl (C=O) groups excluding carboxylic acids is 1.